The summed E-state index contributed by atoms with van der Waals surface area (Å²) in [6, 6.07) is 7.19. The highest BCUT2D eigenvalue weighted by molar-refractivity contribution is 7.98. The molecule has 1 aromatic carbocycles. The van der Waals surface area contributed by atoms with Gasteiger partial charge in [-0.3, -0.25) is 4.98 Å². The van der Waals surface area contributed by atoms with Crippen LogP contribution in [0.4, 0.5) is 0 Å². The minimum Gasteiger partial charge on any atom is -0.460 e. The lowest BCUT2D eigenvalue weighted by molar-refractivity contribution is 0.0488. The van der Waals surface area contributed by atoms with Crippen LogP contribution < -0.4 is 0 Å². The van der Waals surface area contributed by atoms with E-state index in [2.05, 4.69) is 9.97 Å². The summed E-state index contributed by atoms with van der Waals surface area (Å²) < 4.78 is 16.3. The third kappa shape index (κ3) is 3.40. The van der Waals surface area contributed by atoms with E-state index in [1.807, 2.05) is 19.1 Å². The van der Waals surface area contributed by atoms with Crippen molar-refractivity contribution in [2.24, 2.45) is 0 Å². The van der Waals surface area contributed by atoms with Crippen LogP contribution in [0.3, 0.4) is 0 Å². The molecule has 27 heavy (non-hydrogen) atoms. The summed E-state index contributed by atoms with van der Waals surface area (Å²) in [5, 5.41) is 1.90. The van der Waals surface area contributed by atoms with Gasteiger partial charge in [0.1, 0.15) is 16.8 Å². The van der Waals surface area contributed by atoms with Gasteiger partial charge in [-0.2, -0.15) is 0 Å². The zero-order valence-electron chi connectivity index (χ0n) is 14.6. The third-order valence-corrected chi connectivity index (χ3v) is 5.22. The van der Waals surface area contributed by atoms with Crippen LogP contribution in [0, 0.1) is 6.92 Å². The number of aryl methyl sites for hydroxylation is 1. The lowest BCUT2D eigenvalue weighted by Gasteiger charge is -1.98. The van der Waals surface area contributed by atoms with Gasteiger partial charge in [0.25, 0.3) is 5.22 Å². The normalized spacial score (nSPS) is 11.4. The molecule has 4 rings (SSSR count). The van der Waals surface area contributed by atoms with Gasteiger partial charge in [0.2, 0.25) is 5.76 Å². The number of benzene rings is 1. The number of carbonyl (C=O) groups is 1. The van der Waals surface area contributed by atoms with Crippen molar-refractivity contribution < 1.29 is 18.4 Å². The first kappa shape index (κ1) is 17.9. The molecule has 6 nitrogen and oxygen atoms in total. The van der Waals surface area contributed by atoms with Crippen LogP contribution in [-0.4, -0.2) is 22.5 Å². The van der Waals surface area contributed by atoms with Crippen molar-refractivity contribution in [3.05, 3.63) is 52.6 Å². The van der Waals surface area contributed by atoms with Gasteiger partial charge in [-0.05, 0) is 38.1 Å². The van der Waals surface area contributed by atoms with E-state index in [-0.39, 0.29) is 5.76 Å². The Balaban J connectivity index is 1.60. The summed E-state index contributed by atoms with van der Waals surface area (Å²) in [6.07, 6.45) is 1.69. The number of ether oxygens (including phenoxy) is 1. The summed E-state index contributed by atoms with van der Waals surface area (Å²) in [4.78, 5) is 20.6. The number of rotatable bonds is 5. The van der Waals surface area contributed by atoms with Crippen LogP contribution in [0.25, 0.3) is 22.0 Å². The van der Waals surface area contributed by atoms with Gasteiger partial charge in [0, 0.05) is 22.9 Å². The average molecular weight is 403 g/mol. The first-order valence-electron chi connectivity index (χ1n) is 8.29. The van der Waals surface area contributed by atoms with E-state index >= 15 is 0 Å². The number of oxazole rings is 1. The number of pyridine rings is 1. The largest absolute Gasteiger partial charge is 0.460 e. The van der Waals surface area contributed by atoms with Gasteiger partial charge in [0.15, 0.2) is 5.58 Å². The van der Waals surface area contributed by atoms with Crippen molar-refractivity contribution in [2.75, 3.05) is 6.61 Å². The Morgan fingerprint density at radius 3 is 3.00 bits per heavy atom. The molecule has 0 spiro atoms. The van der Waals surface area contributed by atoms with Gasteiger partial charge in [-0.1, -0.05) is 23.4 Å². The fraction of sp³-hybridized carbons (Fsp3) is 0.211. The topological polar surface area (TPSA) is 78.4 Å². The highest BCUT2D eigenvalue weighted by atomic mass is 35.5. The second-order valence-electron chi connectivity index (χ2n) is 5.79. The molecule has 0 saturated heterocycles. The highest BCUT2D eigenvalue weighted by Crippen LogP contribution is 2.34. The van der Waals surface area contributed by atoms with Crippen molar-refractivity contribution >= 4 is 51.3 Å². The van der Waals surface area contributed by atoms with Gasteiger partial charge in [-0.15, -0.1) is 0 Å². The van der Waals surface area contributed by atoms with Crippen LogP contribution in [-0.2, 0) is 10.5 Å². The minimum absolute atomic E-state index is 0.199. The Morgan fingerprint density at radius 2 is 2.19 bits per heavy atom. The number of halogens is 1. The summed E-state index contributed by atoms with van der Waals surface area (Å²) in [7, 11) is 0. The predicted octanol–water partition coefficient (Wildman–Crippen LogP) is 5.40. The second kappa shape index (κ2) is 7.25. The molecule has 0 aliphatic carbocycles. The second-order valence-corrected chi connectivity index (χ2v) is 7.12. The first-order valence-corrected chi connectivity index (χ1v) is 9.66. The lowest BCUT2D eigenvalue weighted by atomic mass is 10.2. The molecule has 0 fully saturated rings. The van der Waals surface area contributed by atoms with E-state index in [0.717, 1.165) is 10.9 Å². The number of hydrogen-bond acceptors (Lipinski definition) is 7. The molecule has 8 heteroatoms. The molecule has 4 aromatic rings. The van der Waals surface area contributed by atoms with E-state index in [4.69, 9.17) is 25.2 Å². The molecular formula is C19H15ClN2O4S. The Morgan fingerprint density at radius 1 is 1.33 bits per heavy atom. The maximum absolute atomic E-state index is 11.8. The molecule has 138 valence electrons. The zero-order valence-corrected chi connectivity index (χ0v) is 16.2. The molecular weight excluding hydrogens is 388 g/mol. The Kier molecular flexibility index (Phi) is 4.80. The van der Waals surface area contributed by atoms with Crippen LogP contribution in [0.5, 0.6) is 0 Å². The van der Waals surface area contributed by atoms with E-state index < -0.39 is 5.97 Å². The number of fused-ring (bicyclic) bond motifs is 3. The maximum Gasteiger partial charge on any atom is 0.374 e. The maximum atomic E-state index is 11.8. The first-order chi connectivity index (χ1) is 13.1. The van der Waals surface area contributed by atoms with Crippen molar-refractivity contribution in [2.45, 2.75) is 24.8 Å². The molecule has 0 bridgehead atoms. The zero-order chi connectivity index (χ0) is 19.0. The Bertz CT molecular complexity index is 1150. The number of nitrogens with zero attached hydrogens (tertiary/aromatic N) is 2. The van der Waals surface area contributed by atoms with E-state index in [1.165, 1.54) is 11.8 Å². The number of aromatic nitrogens is 2. The molecule has 0 radical (unpaired) electrons. The molecule has 3 aromatic heterocycles. The standard InChI is InChI=1S/C19H15ClN2O4S/c1-3-24-18(23)15-7-11(10(2)25-15)9-27-19-22-14-8-13(20)12-5-4-6-21-16(12)17(14)26-19/h4-8H,3,9H2,1-2H3. The van der Waals surface area contributed by atoms with Crippen molar-refractivity contribution in [3.63, 3.8) is 0 Å². The highest BCUT2D eigenvalue weighted by Gasteiger charge is 2.17. The summed E-state index contributed by atoms with van der Waals surface area (Å²) >= 11 is 7.72. The number of thioether (sulfide) groups is 1. The monoisotopic (exact) mass is 402 g/mol. The number of hydrogen-bond donors (Lipinski definition) is 0. The number of carbonyl (C=O) groups excluding carboxylic acids is 1. The van der Waals surface area contributed by atoms with Gasteiger partial charge < -0.3 is 13.6 Å². The van der Waals surface area contributed by atoms with E-state index in [1.54, 1.807) is 25.3 Å². The van der Waals surface area contributed by atoms with Crippen molar-refractivity contribution in [1.82, 2.24) is 9.97 Å². The molecule has 0 aliphatic rings. The summed E-state index contributed by atoms with van der Waals surface area (Å²) in [5.74, 6) is 0.938. The van der Waals surface area contributed by atoms with Gasteiger partial charge in [-0.25, -0.2) is 9.78 Å². The molecule has 0 saturated carbocycles. The number of esters is 1. The third-order valence-electron chi connectivity index (χ3n) is 4.03. The van der Waals surface area contributed by atoms with E-state index in [9.17, 15) is 4.79 Å². The smallest absolute Gasteiger partial charge is 0.374 e. The quantitative estimate of drug-likeness (QED) is 0.326. The molecule has 0 unspecified atom stereocenters. The SMILES string of the molecule is CCOC(=O)c1cc(CSc2nc3cc(Cl)c4cccnc4c3o2)c(C)o1. The van der Waals surface area contributed by atoms with Gasteiger partial charge >= 0.3 is 5.97 Å². The summed E-state index contributed by atoms with van der Waals surface area (Å²) in [6.45, 7) is 3.86. The van der Waals surface area contributed by atoms with Crippen LogP contribution in [0.2, 0.25) is 5.02 Å². The average Bonchev–Trinajstić information content (AvgIpc) is 3.24. The Labute approximate surface area is 163 Å². The van der Waals surface area contributed by atoms with Crippen LogP contribution in [0.15, 0.2) is 44.5 Å². The van der Waals surface area contributed by atoms with Crippen molar-refractivity contribution in [1.29, 1.82) is 0 Å². The van der Waals surface area contributed by atoms with E-state index in [0.29, 0.717) is 45.0 Å². The molecule has 0 atom stereocenters. The fourth-order valence-corrected chi connectivity index (χ4v) is 3.85. The molecule has 0 amide bonds. The fourth-order valence-electron chi connectivity index (χ4n) is 2.72. The predicted molar refractivity (Wildman–Crippen MR) is 103 cm³/mol. The molecule has 3 heterocycles. The molecule has 0 N–H and O–H groups in total. The van der Waals surface area contributed by atoms with Gasteiger partial charge in [0.05, 0.1) is 11.6 Å². The minimum atomic E-state index is -0.467. The van der Waals surface area contributed by atoms with Crippen LogP contribution in [0.1, 0.15) is 28.8 Å². The molecule has 0 aliphatic heterocycles. The summed E-state index contributed by atoms with van der Waals surface area (Å²) in [5.41, 5.74) is 2.83. The van der Waals surface area contributed by atoms with Crippen molar-refractivity contribution in [3.8, 4) is 0 Å². The lowest BCUT2D eigenvalue weighted by Crippen LogP contribution is -2.02. The van der Waals surface area contributed by atoms with Crippen LogP contribution >= 0.6 is 23.4 Å². The Hall–Kier alpha value is -2.51. The number of furan rings is 1.